The molecule has 1 aliphatic carbocycles. The molecule has 6 nitrogen and oxygen atoms in total. The third-order valence-corrected chi connectivity index (χ3v) is 6.09. The molecule has 1 aromatic carbocycles. The molecule has 1 saturated heterocycles. The van der Waals surface area contributed by atoms with Gasteiger partial charge in [-0.1, -0.05) is 41.3 Å². The number of fused-ring (bicyclic) bond motifs is 1. The van der Waals surface area contributed by atoms with Gasteiger partial charge in [-0.2, -0.15) is 0 Å². The Balaban J connectivity index is 1.56. The standard InChI is InChI=1S/C18H20Cl2N4O2/c19-12-5-6-16(14(20)8-12)24-10-13(21-22-24)9-23-15-4-2-1-3-11(15)7-17(23)18(25)26/h5-6,8,10-11,15,17H,1-4,7,9H2,(H,25,26). The Labute approximate surface area is 161 Å². The van der Waals surface area contributed by atoms with Crippen molar-refractivity contribution in [2.75, 3.05) is 0 Å². The molecule has 1 N–H and O–H groups in total. The molecule has 2 heterocycles. The van der Waals surface area contributed by atoms with E-state index in [1.807, 2.05) is 6.20 Å². The lowest BCUT2D eigenvalue weighted by Gasteiger charge is -2.32. The van der Waals surface area contributed by atoms with Crippen LogP contribution in [0.3, 0.4) is 0 Å². The van der Waals surface area contributed by atoms with Gasteiger partial charge in [0.1, 0.15) is 6.04 Å². The van der Waals surface area contributed by atoms with E-state index in [1.165, 1.54) is 6.42 Å². The molecule has 2 aliphatic rings. The van der Waals surface area contributed by atoms with Gasteiger partial charge < -0.3 is 5.11 Å². The summed E-state index contributed by atoms with van der Waals surface area (Å²) in [5.41, 5.74) is 1.44. The highest BCUT2D eigenvalue weighted by Crippen LogP contribution is 2.40. The van der Waals surface area contributed by atoms with E-state index in [-0.39, 0.29) is 0 Å². The van der Waals surface area contributed by atoms with E-state index < -0.39 is 12.0 Å². The Kier molecular flexibility index (Phi) is 4.90. The summed E-state index contributed by atoms with van der Waals surface area (Å²) in [5, 5.41) is 19.1. The van der Waals surface area contributed by atoms with E-state index in [4.69, 9.17) is 23.2 Å². The van der Waals surface area contributed by atoms with Gasteiger partial charge in [0.15, 0.2) is 0 Å². The van der Waals surface area contributed by atoms with Crippen LogP contribution in [0.1, 0.15) is 37.8 Å². The molecule has 0 radical (unpaired) electrons. The Morgan fingerprint density at radius 1 is 1.27 bits per heavy atom. The molecule has 0 amide bonds. The van der Waals surface area contributed by atoms with Gasteiger partial charge >= 0.3 is 5.97 Å². The number of nitrogens with zero attached hydrogens (tertiary/aromatic N) is 4. The number of carbonyl (C=O) groups is 1. The van der Waals surface area contributed by atoms with Crippen LogP contribution in [0.15, 0.2) is 24.4 Å². The van der Waals surface area contributed by atoms with Gasteiger partial charge in [0.2, 0.25) is 0 Å². The highest BCUT2D eigenvalue weighted by molar-refractivity contribution is 6.35. The van der Waals surface area contributed by atoms with Crippen molar-refractivity contribution in [1.82, 2.24) is 19.9 Å². The number of carboxylic acid groups (broad SMARTS) is 1. The summed E-state index contributed by atoms with van der Waals surface area (Å²) in [6, 6.07) is 5.09. The summed E-state index contributed by atoms with van der Waals surface area (Å²) in [7, 11) is 0. The van der Waals surface area contributed by atoms with Crippen molar-refractivity contribution in [1.29, 1.82) is 0 Å². The SMILES string of the molecule is O=C(O)C1CC2CCCCC2N1Cc1cn(-c2ccc(Cl)cc2Cl)nn1. The average Bonchev–Trinajstić information content (AvgIpc) is 3.21. The molecule has 4 rings (SSSR count). The van der Waals surface area contributed by atoms with E-state index in [0.717, 1.165) is 31.4 Å². The molecule has 2 aromatic rings. The third kappa shape index (κ3) is 3.33. The number of benzene rings is 1. The van der Waals surface area contributed by atoms with Crippen molar-refractivity contribution in [2.24, 2.45) is 5.92 Å². The molecule has 1 aromatic heterocycles. The van der Waals surface area contributed by atoms with Crippen LogP contribution in [0, 0.1) is 5.92 Å². The molecule has 1 saturated carbocycles. The van der Waals surface area contributed by atoms with Crippen molar-refractivity contribution >= 4 is 29.2 Å². The van der Waals surface area contributed by atoms with Crippen molar-refractivity contribution < 1.29 is 9.90 Å². The lowest BCUT2D eigenvalue weighted by Crippen LogP contribution is -2.41. The summed E-state index contributed by atoms with van der Waals surface area (Å²) in [5.74, 6) is -0.266. The predicted molar refractivity (Wildman–Crippen MR) is 98.7 cm³/mol. The number of hydrogen-bond donors (Lipinski definition) is 1. The fourth-order valence-corrected chi connectivity index (χ4v) is 4.86. The van der Waals surface area contributed by atoms with Crippen molar-refractivity contribution in [2.45, 2.75) is 50.7 Å². The Hall–Kier alpha value is -1.63. The van der Waals surface area contributed by atoms with Crippen LogP contribution >= 0.6 is 23.2 Å². The van der Waals surface area contributed by atoms with Gasteiger partial charge in [-0.05, 0) is 43.4 Å². The molecule has 3 unspecified atom stereocenters. The maximum atomic E-state index is 11.7. The first-order valence-corrected chi connectivity index (χ1v) is 9.63. The van der Waals surface area contributed by atoms with Crippen LogP contribution in [0.25, 0.3) is 5.69 Å². The van der Waals surface area contributed by atoms with Gasteiger partial charge in [0.05, 0.1) is 22.6 Å². The second kappa shape index (κ2) is 7.18. The molecule has 8 heteroatoms. The first-order chi connectivity index (χ1) is 12.5. The lowest BCUT2D eigenvalue weighted by molar-refractivity contribution is -0.142. The molecule has 0 spiro atoms. The summed E-state index contributed by atoms with van der Waals surface area (Å²) >= 11 is 12.2. The summed E-state index contributed by atoms with van der Waals surface area (Å²) in [6.07, 6.45) is 7.09. The molecular formula is C18H20Cl2N4O2. The zero-order chi connectivity index (χ0) is 18.3. The second-order valence-corrected chi connectivity index (χ2v) is 7.97. The van der Waals surface area contributed by atoms with E-state index >= 15 is 0 Å². The van der Waals surface area contributed by atoms with Gasteiger partial charge in [-0.15, -0.1) is 5.10 Å². The average molecular weight is 395 g/mol. The van der Waals surface area contributed by atoms with Gasteiger partial charge in [0.25, 0.3) is 0 Å². The maximum Gasteiger partial charge on any atom is 0.320 e. The monoisotopic (exact) mass is 394 g/mol. The number of hydrogen-bond acceptors (Lipinski definition) is 4. The Morgan fingerprint density at radius 2 is 2.08 bits per heavy atom. The summed E-state index contributed by atoms with van der Waals surface area (Å²) in [6.45, 7) is 0.489. The molecule has 3 atom stereocenters. The van der Waals surface area contributed by atoms with E-state index in [0.29, 0.717) is 34.2 Å². The fourth-order valence-electron chi connectivity index (χ4n) is 4.37. The highest BCUT2D eigenvalue weighted by atomic mass is 35.5. The molecule has 2 fully saturated rings. The summed E-state index contributed by atoms with van der Waals surface area (Å²) < 4.78 is 1.61. The number of halogens is 2. The third-order valence-electron chi connectivity index (χ3n) is 5.55. The second-order valence-electron chi connectivity index (χ2n) is 7.12. The minimum atomic E-state index is -0.743. The molecule has 138 valence electrons. The Bertz CT molecular complexity index is 825. The number of likely N-dealkylation sites (tertiary alicyclic amines) is 1. The van der Waals surface area contributed by atoms with Gasteiger partial charge in [-0.3, -0.25) is 9.69 Å². The van der Waals surface area contributed by atoms with Crippen molar-refractivity contribution in [3.05, 3.63) is 40.1 Å². The van der Waals surface area contributed by atoms with E-state index in [2.05, 4.69) is 15.2 Å². The lowest BCUT2D eigenvalue weighted by atomic mass is 9.85. The normalized spacial score (nSPS) is 26.0. The van der Waals surface area contributed by atoms with Crippen LogP contribution in [0.4, 0.5) is 0 Å². The fraction of sp³-hybridized carbons (Fsp3) is 0.500. The Morgan fingerprint density at radius 3 is 2.85 bits per heavy atom. The van der Waals surface area contributed by atoms with E-state index in [1.54, 1.807) is 22.9 Å². The molecule has 1 aliphatic heterocycles. The number of rotatable bonds is 4. The predicted octanol–water partition coefficient (Wildman–Crippen LogP) is 3.79. The number of aromatic nitrogens is 3. The smallest absolute Gasteiger partial charge is 0.320 e. The van der Waals surface area contributed by atoms with Crippen molar-refractivity contribution in [3.63, 3.8) is 0 Å². The number of aliphatic carboxylic acids is 1. The van der Waals surface area contributed by atoms with E-state index in [9.17, 15) is 9.90 Å². The van der Waals surface area contributed by atoms with Crippen LogP contribution < -0.4 is 0 Å². The van der Waals surface area contributed by atoms with Crippen LogP contribution in [-0.4, -0.2) is 43.1 Å². The zero-order valence-electron chi connectivity index (χ0n) is 14.2. The van der Waals surface area contributed by atoms with Crippen LogP contribution in [0.5, 0.6) is 0 Å². The molecule has 26 heavy (non-hydrogen) atoms. The van der Waals surface area contributed by atoms with Crippen LogP contribution in [-0.2, 0) is 11.3 Å². The minimum absolute atomic E-state index is 0.328. The largest absolute Gasteiger partial charge is 0.480 e. The first kappa shape index (κ1) is 17.8. The zero-order valence-corrected chi connectivity index (χ0v) is 15.7. The minimum Gasteiger partial charge on any atom is -0.480 e. The topological polar surface area (TPSA) is 71.2 Å². The van der Waals surface area contributed by atoms with Crippen LogP contribution in [0.2, 0.25) is 10.0 Å². The summed E-state index contributed by atoms with van der Waals surface area (Å²) in [4.78, 5) is 13.8. The quantitative estimate of drug-likeness (QED) is 0.853. The van der Waals surface area contributed by atoms with Crippen molar-refractivity contribution in [3.8, 4) is 5.69 Å². The molecule has 0 bridgehead atoms. The number of carboxylic acids is 1. The molecular weight excluding hydrogens is 375 g/mol. The highest BCUT2D eigenvalue weighted by Gasteiger charge is 2.45. The van der Waals surface area contributed by atoms with Gasteiger partial charge in [-0.25, -0.2) is 4.68 Å². The first-order valence-electron chi connectivity index (χ1n) is 8.88. The van der Waals surface area contributed by atoms with Gasteiger partial charge in [0, 0.05) is 17.6 Å². The maximum absolute atomic E-state index is 11.7.